The molecule has 2 aliphatic rings. The Balaban J connectivity index is 2.03. The van der Waals surface area contributed by atoms with E-state index in [0.29, 0.717) is 0 Å². The second kappa shape index (κ2) is 4.77. The lowest BCUT2D eigenvalue weighted by atomic mass is 9.80. The van der Waals surface area contributed by atoms with Crippen molar-refractivity contribution in [3.8, 4) is 0 Å². The molecule has 1 spiro atoms. The molecular formula is C14H15IN2O2. The Morgan fingerprint density at radius 3 is 2.32 bits per heavy atom. The van der Waals surface area contributed by atoms with Crippen molar-refractivity contribution in [3.05, 3.63) is 27.8 Å². The number of amides is 3. The van der Waals surface area contributed by atoms with Gasteiger partial charge in [-0.2, -0.15) is 0 Å². The van der Waals surface area contributed by atoms with E-state index >= 15 is 0 Å². The molecule has 4 nitrogen and oxygen atoms in total. The molecule has 3 rings (SSSR count). The van der Waals surface area contributed by atoms with Gasteiger partial charge in [0.1, 0.15) is 5.54 Å². The monoisotopic (exact) mass is 370 g/mol. The molecule has 100 valence electrons. The van der Waals surface area contributed by atoms with Crippen LogP contribution in [0.3, 0.4) is 0 Å². The van der Waals surface area contributed by atoms with Crippen molar-refractivity contribution < 1.29 is 9.59 Å². The van der Waals surface area contributed by atoms with Crippen LogP contribution in [0.25, 0.3) is 0 Å². The van der Waals surface area contributed by atoms with Crippen LogP contribution < -0.4 is 10.2 Å². The van der Waals surface area contributed by atoms with E-state index in [-0.39, 0.29) is 11.9 Å². The highest BCUT2D eigenvalue weighted by Crippen LogP contribution is 2.40. The Bertz CT molecular complexity index is 521. The average Bonchev–Trinajstić information content (AvgIpc) is 2.64. The molecule has 1 saturated heterocycles. The number of nitrogens with zero attached hydrogens (tertiary/aromatic N) is 1. The van der Waals surface area contributed by atoms with Gasteiger partial charge in [0, 0.05) is 9.26 Å². The van der Waals surface area contributed by atoms with Gasteiger partial charge in [-0.1, -0.05) is 19.3 Å². The lowest BCUT2D eigenvalue weighted by molar-refractivity contribution is -0.124. The van der Waals surface area contributed by atoms with Crippen molar-refractivity contribution in [1.82, 2.24) is 5.32 Å². The van der Waals surface area contributed by atoms with Crippen LogP contribution in [0, 0.1) is 3.57 Å². The Hall–Kier alpha value is -1.11. The van der Waals surface area contributed by atoms with E-state index in [1.54, 1.807) is 4.90 Å². The highest BCUT2D eigenvalue weighted by Gasteiger charge is 2.53. The van der Waals surface area contributed by atoms with Gasteiger partial charge in [-0.25, -0.2) is 4.79 Å². The molecule has 0 atom stereocenters. The lowest BCUT2D eigenvalue weighted by Gasteiger charge is -2.38. The first kappa shape index (κ1) is 12.9. The van der Waals surface area contributed by atoms with E-state index in [1.807, 2.05) is 24.3 Å². The standard InChI is InChI=1S/C14H15IN2O2/c15-10-4-6-11(7-5-10)17-13(19)16-12(18)14(17)8-2-1-3-9-14/h4-7H,1-3,8-9H2,(H,16,18,19). The van der Waals surface area contributed by atoms with Crippen LogP contribution in [0.1, 0.15) is 32.1 Å². The lowest BCUT2D eigenvalue weighted by Crippen LogP contribution is -2.51. The molecule has 1 heterocycles. The number of hydrogen-bond acceptors (Lipinski definition) is 2. The van der Waals surface area contributed by atoms with Gasteiger partial charge in [0.25, 0.3) is 5.91 Å². The summed E-state index contributed by atoms with van der Waals surface area (Å²) in [6, 6.07) is 7.46. The molecule has 1 aliphatic carbocycles. The first-order valence-electron chi connectivity index (χ1n) is 6.55. The maximum absolute atomic E-state index is 12.2. The smallest absolute Gasteiger partial charge is 0.279 e. The summed E-state index contributed by atoms with van der Waals surface area (Å²) in [5.74, 6) is -0.129. The van der Waals surface area contributed by atoms with Gasteiger partial charge >= 0.3 is 6.03 Å². The molecule has 0 unspecified atom stereocenters. The van der Waals surface area contributed by atoms with E-state index < -0.39 is 5.54 Å². The first-order chi connectivity index (χ1) is 9.13. The predicted molar refractivity (Wildman–Crippen MR) is 81.0 cm³/mol. The van der Waals surface area contributed by atoms with Gasteiger partial charge in [-0.3, -0.25) is 15.0 Å². The minimum atomic E-state index is -0.651. The third-order valence-electron chi connectivity index (χ3n) is 4.04. The van der Waals surface area contributed by atoms with Crippen molar-refractivity contribution in [2.24, 2.45) is 0 Å². The van der Waals surface area contributed by atoms with Gasteiger partial charge < -0.3 is 0 Å². The van der Waals surface area contributed by atoms with Crippen molar-refractivity contribution in [3.63, 3.8) is 0 Å². The molecule has 1 aliphatic heterocycles. The van der Waals surface area contributed by atoms with Crippen LogP contribution in [0.5, 0.6) is 0 Å². The summed E-state index contributed by atoms with van der Waals surface area (Å²) in [7, 11) is 0. The maximum atomic E-state index is 12.2. The van der Waals surface area contributed by atoms with Crippen LogP contribution in [0.2, 0.25) is 0 Å². The molecule has 1 aromatic rings. The zero-order chi connectivity index (χ0) is 13.5. The summed E-state index contributed by atoms with van der Waals surface area (Å²) in [5.41, 5.74) is 0.160. The molecule has 5 heteroatoms. The number of rotatable bonds is 1. The van der Waals surface area contributed by atoms with E-state index in [4.69, 9.17) is 0 Å². The van der Waals surface area contributed by atoms with E-state index in [1.165, 1.54) is 0 Å². The molecule has 1 N–H and O–H groups in total. The fraction of sp³-hybridized carbons (Fsp3) is 0.429. The van der Waals surface area contributed by atoms with E-state index in [2.05, 4.69) is 27.9 Å². The normalized spacial score (nSPS) is 21.8. The third-order valence-corrected chi connectivity index (χ3v) is 4.76. The molecule has 2 fully saturated rings. The average molecular weight is 370 g/mol. The first-order valence-corrected chi connectivity index (χ1v) is 7.63. The number of anilines is 1. The third kappa shape index (κ3) is 2.04. The van der Waals surface area contributed by atoms with Crippen molar-refractivity contribution >= 4 is 40.2 Å². The summed E-state index contributed by atoms with van der Waals surface area (Å²) in [4.78, 5) is 26.0. The van der Waals surface area contributed by atoms with Crippen LogP contribution >= 0.6 is 22.6 Å². The highest BCUT2D eigenvalue weighted by molar-refractivity contribution is 14.1. The number of imide groups is 1. The van der Waals surface area contributed by atoms with Gasteiger partial charge in [-0.15, -0.1) is 0 Å². The largest absolute Gasteiger partial charge is 0.329 e. The molecule has 19 heavy (non-hydrogen) atoms. The summed E-state index contributed by atoms with van der Waals surface area (Å²) in [6.45, 7) is 0. The summed E-state index contributed by atoms with van der Waals surface area (Å²) in [5, 5.41) is 2.49. The van der Waals surface area contributed by atoms with Crippen LogP contribution in [0.4, 0.5) is 10.5 Å². The van der Waals surface area contributed by atoms with E-state index in [0.717, 1.165) is 41.4 Å². The van der Waals surface area contributed by atoms with Crippen LogP contribution in [-0.4, -0.2) is 17.5 Å². The zero-order valence-electron chi connectivity index (χ0n) is 10.5. The van der Waals surface area contributed by atoms with E-state index in [9.17, 15) is 9.59 Å². The number of halogens is 1. The number of nitrogens with one attached hydrogen (secondary N) is 1. The Kier molecular flexibility index (Phi) is 3.24. The second-order valence-electron chi connectivity index (χ2n) is 5.16. The fourth-order valence-corrected chi connectivity index (χ4v) is 3.47. The van der Waals surface area contributed by atoms with Crippen molar-refractivity contribution in [2.75, 3.05) is 4.90 Å². The number of hydrogen-bond donors (Lipinski definition) is 1. The predicted octanol–water partition coefficient (Wildman–Crippen LogP) is 3.05. The second-order valence-corrected chi connectivity index (χ2v) is 6.41. The summed E-state index contributed by atoms with van der Waals surface area (Å²) in [6.07, 6.45) is 4.67. The van der Waals surface area contributed by atoms with Crippen LogP contribution in [-0.2, 0) is 4.79 Å². The number of urea groups is 1. The molecule has 0 aromatic heterocycles. The summed E-state index contributed by atoms with van der Waals surface area (Å²) < 4.78 is 1.12. The molecule has 1 saturated carbocycles. The minimum absolute atomic E-state index is 0.129. The quantitative estimate of drug-likeness (QED) is 0.610. The summed E-state index contributed by atoms with van der Waals surface area (Å²) >= 11 is 2.23. The fourth-order valence-electron chi connectivity index (χ4n) is 3.11. The Morgan fingerprint density at radius 1 is 1.05 bits per heavy atom. The molecule has 1 aromatic carbocycles. The molecular weight excluding hydrogens is 355 g/mol. The Morgan fingerprint density at radius 2 is 1.68 bits per heavy atom. The zero-order valence-corrected chi connectivity index (χ0v) is 12.6. The van der Waals surface area contributed by atoms with Crippen LogP contribution in [0.15, 0.2) is 24.3 Å². The highest BCUT2D eigenvalue weighted by atomic mass is 127. The Labute approximate surface area is 125 Å². The molecule has 3 amide bonds. The number of benzene rings is 1. The van der Waals surface area contributed by atoms with Gasteiger partial charge in [0.05, 0.1) is 0 Å². The number of carbonyl (C=O) groups is 2. The number of carbonyl (C=O) groups excluding carboxylic acids is 2. The SMILES string of the molecule is O=C1NC(=O)C2(CCCCC2)N1c1ccc(I)cc1. The van der Waals surface area contributed by atoms with Gasteiger partial charge in [0.2, 0.25) is 0 Å². The molecule has 0 radical (unpaired) electrons. The van der Waals surface area contributed by atoms with Crippen molar-refractivity contribution in [1.29, 1.82) is 0 Å². The topological polar surface area (TPSA) is 49.4 Å². The maximum Gasteiger partial charge on any atom is 0.329 e. The molecule has 0 bridgehead atoms. The minimum Gasteiger partial charge on any atom is -0.279 e. The van der Waals surface area contributed by atoms with Gasteiger partial charge in [0.15, 0.2) is 0 Å². The van der Waals surface area contributed by atoms with Crippen molar-refractivity contribution in [2.45, 2.75) is 37.6 Å². The van der Waals surface area contributed by atoms with Gasteiger partial charge in [-0.05, 0) is 59.7 Å².